The van der Waals surface area contributed by atoms with Gasteiger partial charge in [-0.2, -0.15) is 8.78 Å². The monoisotopic (exact) mass is 554 g/mol. The van der Waals surface area contributed by atoms with Crippen molar-refractivity contribution in [2.24, 2.45) is 0 Å². The van der Waals surface area contributed by atoms with Crippen LogP contribution in [0.3, 0.4) is 0 Å². The van der Waals surface area contributed by atoms with E-state index in [1.54, 1.807) is 48.5 Å². The van der Waals surface area contributed by atoms with Crippen LogP contribution in [0.1, 0.15) is 33.4 Å². The van der Waals surface area contributed by atoms with Gasteiger partial charge in [-0.1, -0.05) is 82.9 Å². The second-order valence-corrected chi connectivity index (χ2v) is 9.31. The SMILES string of the molecule is Cc1ccc(Cc2c(F)c(Oc3c(F)c(F)c(Cl)c(Cc4ccc(C)cc4)c3F)c(F)c(F)c2Cl)cc1. The molecule has 0 unspecified atom stereocenters. The second kappa shape index (κ2) is 10.7. The molecule has 0 spiro atoms. The molecule has 0 aromatic heterocycles. The van der Waals surface area contributed by atoms with Crippen molar-refractivity contribution in [2.45, 2.75) is 26.7 Å². The van der Waals surface area contributed by atoms with E-state index >= 15 is 8.78 Å². The highest BCUT2D eigenvalue weighted by Gasteiger charge is 2.31. The zero-order valence-electron chi connectivity index (χ0n) is 19.5. The number of hydrogen-bond acceptors (Lipinski definition) is 1. The van der Waals surface area contributed by atoms with E-state index in [4.69, 9.17) is 27.9 Å². The minimum absolute atomic E-state index is 0.281. The molecule has 0 amide bonds. The Morgan fingerprint density at radius 2 is 0.838 bits per heavy atom. The minimum Gasteiger partial charge on any atom is -0.445 e. The second-order valence-electron chi connectivity index (χ2n) is 8.55. The van der Waals surface area contributed by atoms with Crippen LogP contribution < -0.4 is 4.74 Å². The third kappa shape index (κ3) is 5.29. The molecule has 0 bridgehead atoms. The number of ether oxygens (including phenoxy) is 1. The summed E-state index contributed by atoms with van der Waals surface area (Å²) in [7, 11) is 0. The van der Waals surface area contributed by atoms with Crippen molar-refractivity contribution >= 4 is 23.2 Å². The lowest BCUT2D eigenvalue weighted by Crippen LogP contribution is -2.08. The van der Waals surface area contributed by atoms with Crippen LogP contribution in [0, 0.1) is 48.8 Å². The normalized spacial score (nSPS) is 11.2. The molecule has 9 heteroatoms. The summed E-state index contributed by atoms with van der Waals surface area (Å²) in [6.45, 7) is 3.64. The van der Waals surface area contributed by atoms with Crippen LogP contribution in [0.25, 0.3) is 0 Å². The highest BCUT2D eigenvalue weighted by molar-refractivity contribution is 6.32. The fourth-order valence-electron chi connectivity index (χ4n) is 3.73. The van der Waals surface area contributed by atoms with Crippen molar-refractivity contribution in [2.75, 3.05) is 0 Å². The van der Waals surface area contributed by atoms with Gasteiger partial charge in [-0.15, -0.1) is 0 Å². The van der Waals surface area contributed by atoms with Gasteiger partial charge >= 0.3 is 0 Å². The maximum atomic E-state index is 15.4. The molecule has 1 nitrogen and oxygen atoms in total. The molecule has 0 N–H and O–H groups in total. The topological polar surface area (TPSA) is 9.23 Å². The predicted octanol–water partition coefficient (Wildman–Crippen LogP) is 9.42. The van der Waals surface area contributed by atoms with Crippen molar-refractivity contribution in [1.82, 2.24) is 0 Å². The highest BCUT2D eigenvalue weighted by atomic mass is 35.5. The van der Waals surface area contributed by atoms with E-state index in [9.17, 15) is 17.6 Å². The average Bonchev–Trinajstić information content (AvgIpc) is 2.88. The molecule has 0 atom stereocenters. The summed E-state index contributed by atoms with van der Waals surface area (Å²) < 4.78 is 94.3. The number of benzene rings is 4. The van der Waals surface area contributed by atoms with Gasteiger partial charge in [0.1, 0.15) is 0 Å². The van der Waals surface area contributed by atoms with Crippen LogP contribution >= 0.6 is 23.2 Å². The van der Waals surface area contributed by atoms with Gasteiger partial charge in [0, 0.05) is 24.0 Å². The van der Waals surface area contributed by atoms with Gasteiger partial charge < -0.3 is 4.74 Å². The minimum atomic E-state index is -1.93. The lowest BCUT2D eigenvalue weighted by Gasteiger charge is -2.17. The molecule has 0 saturated carbocycles. The molecule has 192 valence electrons. The Hall–Kier alpha value is -3.16. The Kier molecular flexibility index (Phi) is 7.76. The first kappa shape index (κ1) is 26.9. The van der Waals surface area contributed by atoms with Crippen molar-refractivity contribution in [1.29, 1.82) is 0 Å². The van der Waals surface area contributed by atoms with Crippen LogP contribution in [0.2, 0.25) is 10.0 Å². The zero-order chi connectivity index (χ0) is 27.0. The summed E-state index contributed by atoms with van der Waals surface area (Å²) in [5.41, 5.74) is 1.80. The van der Waals surface area contributed by atoms with Crippen molar-refractivity contribution in [3.8, 4) is 11.5 Å². The van der Waals surface area contributed by atoms with Crippen molar-refractivity contribution in [3.05, 3.63) is 127 Å². The number of rotatable bonds is 6. The Balaban J connectivity index is 1.81. The number of halogens is 8. The molecular formula is C28H18Cl2F6O. The lowest BCUT2D eigenvalue weighted by molar-refractivity contribution is 0.342. The standard InChI is InChI=1S/C28H18Cl2F6O/c1-13-3-7-15(8-4-13)11-17-19(29)23(33)25(35)27(21(17)31)37-28-22(32)18(20(30)24(34)26(28)36)12-16-9-5-14(2)6-10-16/h3-10H,11-12H2,1-2H3. The molecule has 4 rings (SSSR count). The number of aryl methyl sites for hydroxylation is 2. The first-order valence-corrected chi connectivity index (χ1v) is 11.7. The molecule has 4 aromatic rings. The molecule has 0 aliphatic carbocycles. The fourth-order valence-corrected chi connectivity index (χ4v) is 4.19. The summed E-state index contributed by atoms with van der Waals surface area (Å²) in [4.78, 5) is 0. The summed E-state index contributed by atoms with van der Waals surface area (Å²) in [5, 5.41) is -1.71. The van der Waals surface area contributed by atoms with Crippen LogP contribution in [0.5, 0.6) is 11.5 Å². The molecule has 0 saturated heterocycles. The van der Waals surface area contributed by atoms with Crippen LogP contribution in [0.4, 0.5) is 26.3 Å². The summed E-state index contributed by atoms with van der Waals surface area (Å²) >= 11 is 11.7. The van der Waals surface area contributed by atoms with E-state index in [2.05, 4.69) is 0 Å². The van der Waals surface area contributed by atoms with Gasteiger partial charge in [-0.05, 0) is 25.0 Å². The van der Waals surface area contributed by atoms with Gasteiger partial charge in [0.15, 0.2) is 23.3 Å². The predicted molar refractivity (Wildman–Crippen MR) is 131 cm³/mol. The first-order valence-electron chi connectivity index (χ1n) is 11.0. The average molecular weight is 555 g/mol. The molecule has 0 radical (unpaired) electrons. The lowest BCUT2D eigenvalue weighted by atomic mass is 10.0. The molecule has 0 aliphatic heterocycles. The van der Waals surface area contributed by atoms with Gasteiger partial charge in [0.2, 0.25) is 23.1 Å². The molecule has 0 heterocycles. The number of hydrogen-bond donors (Lipinski definition) is 0. The van der Waals surface area contributed by atoms with Gasteiger partial charge in [0.25, 0.3) is 0 Å². The molecule has 37 heavy (non-hydrogen) atoms. The maximum absolute atomic E-state index is 15.4. The quantitative estimate of drug-likeness (QED) is 0.131. The fraction of sp³-hybridized carbons (Fsp3) is 0.143. The van der Waals surface area contributed by atoms with Crippen LogP contribution in [0.15, 0.2) is 48.5 Å². The summed E-state index contributed by atoms with van der Waals surface area (Å²) in [6, 6.07) is 13.4. The van der Waals surface area contributed by atoms with E-state index < -0.39 is 67.6 Å². The van der Waals surface area contributed by atoms with E-state index in [-0.39, 0.29) is 12.8 Å². The molecular weight excluding hydrogens is 537 g/mol. The Bertz CT molecular complexity index is 1370. The third-order valence-electron chi connectivity index (χ3n) is 5.84. The summed E-state index contributed by atoms with van der Waals surface area (Å²) in [5.74, 6) is -13.1. The van der Waals surface area contributed by atoms with Gasteiger partial charge in [-0.25, -0.2) is 17.6 Å². The molecule has 0 fully saturated rings. The third-order valence-corrected chi connectivity index (χ3v) is 6.62. The van der Waals surface area contributed by atoms with Crippen LogP contribution in [-0.4, -0.2) is 0 Å². The smallest absolute Gasteiger partial charge is 0.205 e. The first-order chi connectivity index (χ1) is 17.5. The van der Waals surface area contributed by atoms with Gasteiger partial charge in [0.05, 0.1) is 10.0 Å². The van der Waals surface area contributed by atoms with E-state index in [1.165, 1.54) is 0 Å². The molecule has 0 aliphatic rings. The van der Waals surface area contributed by atoms with E-state index in [0.29, 0.717) is 11.1 Å². The molecule has 4 aromatic carbocycles. The maximum Gasteiger partial charge on any atom is 0.205 e. The van der Waals surface area contributed by atoms with Crippen molar-refractivity contribution < 1.29 is 31.1 Å². The Labute approximate surface area is 219 Å². The summed E-state index contributed by atoms with van der Waals surface area (Å²) in [6.07, 6.45) is -0.561. The largest absolute Gasteiger partial charge is 0.445 e. The van der Waals surface area contributed by atoms with Crippen molar-refractivity contribution in [3.63, 3.8) is 0 Å². The van der Waals surface area contributed by atoms with Crippen LogP contribution in [-0.2, 0) is 12.8 Å². The zero-order valence-corrected chi connectivity index (χ0v) is 21.0. The highest BCUT2D eigenvalue weighted by Crippen LogP contribution is 2.41. The van der Waals surface area contributed by atoms with E-state index in [1.807, 2.05) is 13.8 Å². The Morgan fingerprint density at radius 1 is 0.514 bits per heavy atom. The Morgan fingerprint density at radius 3 is 1.16 bits per heavy atom. The van der Waals surface area contributed by atoms with Gasteiger partial charge in [-0.3, -0.25) is 0 Å². The van der Waals surface area contributed by atoms with E-state index in [0.717, 1.165) is 11.1 Å².